The highest BCUT2D eigenvalue weighted by atomic mass is 32.2. The standard InChI is InChI=1S/C12H20N4O4S/c1-8(2)10(11(18)19)14-9(17)6-21-12-15-13-7-16(12)4-5-20-3/h7-8,10H,4-6H2,1-3H3,(H,14,17)(H,18,19). The number of ether oxygens (including phenoxy) is 1. The Morgan fingerprint density at radius 1 is 1.52 bits per heavy atom. The lowest BCUT2D eigenvalue weighted by Gasteiger charge is -2.17. The van der Waals surface area contributed by atoms with Crippen LogP contribution in [0.15, 0.2) is 11.5 Å². The van der Waals surface area contributed by atoms with Crippen LogP contribution in [0.5, 0.6) is 0 Å². The maximum Gasteiger partial charge on any atom is 0.326 e. The molecular formula is C12H20N4O4S. The number of carboxylic acids is 1. The van der Waals surface area contributed by atoms with Crippen molar-refractivity contribution in [2.24, 2.45) is 5.92 Å². The van der Waals surface area contributed by atoms with Crippen LogP contribution in [0.2, 0.25) is 0 Å². The molecule has 0 fully saturated rings. The Morgan fingerprint density at radius 2 is 2.24 bits per heavy atom. The van der Waals surface area contributed by atoms with Gasteiger partial charge in [0.1, 0.15) is 12.4 Å². The van der Waals surface area contributed by atoms with Crippen LogP contribution in [0.25, 0.3) is 0 Å². The van der Waals surface area contributed by atoms with Gasteiger partial charge in [0.15, 0.2) is 5.16 Å². The largest absolute Gasteiger partial charge is 0.480 e. The van der Waals surface area contributed by atoms with Crippen molar-refractivity contribution in [1.29, 1.82) is 0 Å². The lowest BCUT2D eigenvalue weighted by atomic mass is 10.1. The van der Waals surface area contributed by atoms with Crippen LogP contribution in [0, 0.1) is 5.92 Å². The first-order valence-electron chi connectivity index (χ1n) is 6.47. The summed E-state index contributed by atoms with van der Waals surface area (Å²) in [6.45, 7) is 4.60. The minimum Gasteiger partial charge on any atom is -0.480 e. The van der Waals surface area contributed by atoms with Crippen LogP contribution >= 0.6 is 11.8 Å². The van der Waals surface area contributed by atoms with Crippen molar-refractivity contribution in [3.05, 3.63) is 6.33 Å². The van der Waals surface area contributed by atoms with Crippen molar-refractivity contribution >= 4 is 23.6 Å². The molecule has 1 atom stereocenters. The van der Waals surface area contributed by atoms with E-state index in [4.69, 9.17) is 9.84 Å². The SMILES string of the molecule is COCCn1cnnc1SCC(=O)NC(C(=O)O)C(C)C. The van der Waals surface area contributed by atoms with Crippen LogP contribution in [-0.2, 0) is 20.9 Å². The third-order valence-corrected chi connectivity index (χ3v) is 3.68. The van der Waals surface area contributed by atoms with Gasteiger partial charge < -0.3 is 19.7 Å². The van der Waals surface area contributed by atoms with Gasteiger partial charge in [-0.15, -0.1) is 10.2 Å². The molecule has 0 spiro atoms. The summed E-state index contributed by atoms with van der Waals surface area (Å²) in [6, 6.07) is -0.885. The highest BCUT2D eigenvalue weighted by molar-refractivity contribution is 7.99. The predicted octanol–water partition coefficient (Wildman–Crippen LogP) is 0.242. The Morgan fingerprint density at radius 3 is 2.81 bits per heavy atom. The molecule has 0 aliphatic heterocycles. The third kappa shape index (κ3) is 5.72. The molecule has 2 N–H and O–H groups in total. The molecule has 8 nitrogen and oxygen atoms in total. The Bertz CT molecular complexity index is 478. The number of nitrogens with zero attached hydrogens (tertiary/aromatic N) is 3. The van der Waals surface area contributed by atoms with Crippen LogP contribution in [-0.4, -0.2) is 57.3 Å². The molecule has 0 saturated carbocycles. The van der Waals surface area contributed by atoms with Crippen LogP contribution in [0.3, 0.4) is 0 Å². The second kappa shape index (κ2) is 8.63. The van der Waals surface area contributed by atoms with E-state index in [2.05, 4.69) is 15.5 Å². The van der Waals surface area contributed by atoms with Crippen molar-refractivity contribution in [2.75, 3.05) is 19.5 Å². The number of hydrogen-bond donors (Lipinski definition) is 2. The van der Waals surface area contributed by atoms with Crippen molar-refractivity contribution < 1.29 is 19.4 Å². The zero-order valence-electron chi connectivity index (χ0n) is 12.3. The monoisotopic (exact) mass is 316 g/mol. The number of aromatic nitrogens is 3. The van der Waals surface area contributed by atoms with Gasteiger partial charge in [-0.25, -0.2) is 4.79 Å². The highest BCUT2D eigenvalue weighted by Crippen LogP contribution is 2.14. The molecule has 0 radical (unpaired) electrons. The number of rotatable bonds is 9. The van der Waals surface area contributed by atoms with E-state index in [1.165, 1.54) is 11.8 Å². The molecule has 0 aromatic carbocycles. The van der Waals surface area contributed by atoms with Crippen molar-refractivity contribution in [3.8, 4) is 0 Å². The summed E-state index contributed by atoms with van der Waals surface area (Å²) in [6.07, 6.45) is 1.56. The number of carbonyl (C=O) groups excluding carboxylic acids is 1. The Balaban J connectivity index is 2.49. The average molecular weight is 316 g/mol. The number of thioether (sulfide) groups is 1. The van der Waals surface area contributed by atoms with Crippen molar-refractivity contribution in [3.63, 3.8) is 0 Å². The number of carboxylic acid groups (broad SMARTS) is 1. The fourth-order valence-electron chi connectivity index (χ4n) is 1.56. The summed E-state index contributed by atoms with van der Waals surface area (Å²) in [5.41, 5.74) is 0. The Hall–Kier alpha value is -1.61. The van der Waals surface area contributed by atoms with E-state index in [-0.39, 0.29) is 17.6 Å². The van der Waals surface area contributed by atoms with Gasteiger partial charge >= 0.3 is 5.97 Å². The summed E-state index contributed by atoms with van der Waals surface area (Å²) in [5, 5.41) is 19.8. The van der Waals surface area contributed by atoms with Crippen LogP contribution in [0.4, 0.5) is 0 Å². The third-order valence-electron chi connectivity index (χ3n) is 2.70. The highest BCUT2D eigenvalue weighted by Gasteiger charge is 2.23. The zero-order chi connectivity index (χ0) is 15.8. The van der Waals surface area contributed by atoms with Gasteiger partial charge in [-0.2, -0.15) is 0 Å². The van der Waals surface area contributed by atoms with Gasteiger partial charge in [0.2, 0.25) is 5.91 Å². The molecule has 0 aliphatic carbocycles. The number of hydrogen-bond acceptors (Lipinski definition) is 6. The minimum atomic E-state index is -1.04. The minimum absolute atomic E-state index is 0.0855. The molecule has 9 heteroatoms. The average Bonchev–Trinajstić information content (AvgIpc) is 2.86. The molecule has 1 unspecified atom stereocenters. The topological polar surface area (TPSA) is 106 Å². The van der Waals surface area contributed by atoms with Crippen molar-refractivity contribution in [2.45, 2.75) is 31.6 Å². The Labute approximate surface area is 127 Å². The van der Waals surface area contributed by atoms with E-state index in [1.807, 2.05) is 0 Å². The van der Waals surface area contributed by atoms with Crippen molar-refractivity contribution in [1.82, 2.24) is 20.1 Å². The molecule has 1 amide bonds. The first-order chi connectivity index (χ1) is 9.95. The normalized spacial score (nSPS) is 12.4. The summed E-state index contributed by atoms with van der Waals surface area (Å²) in [7, 11) is 1.60. The number of methoxy groups -OCH3 is 1. The number of amides is 1. The molecular weight excluding hydrogens is 296 g/mol. The second-order valence-electron chi connectivity index (χ2n) is 4.72. The predicted molar refractivity (Wildman–Crippen MR) is 77.0 cm³/mol. The number of aliphatic carboxylic acids is 1. The van der Waals surface area contributed by atoms with Crippen LogP contribution in [0.1, 0.15) is 13.8 Å². The second-order valence-corrected chi connectivity index (χ2v) is 5.66. The molecule has 0 aliphatic rings. The maximum absolute atomic E-state index is 11.8. The van der Waals surface area contributed by atoms with Gasteiger partial charge in [0, 0.05) is 13.7 Å². The van der Waals surface area contributed by atoms with E-state index in [0.29, 0.717) is 18.3 Å². The maximum atomic E-state index is 11.8. The number of nitrogens with one attached hydrogen (secondary N) is 1. The van der Waals surface area contributed by atoms with E-state index < -0.39 is 12.0 Å². The van der Waals surface area contributed by atoms with E-state index in [0.717, 1.165) is 0 Å². The molecule has 21 heavy (non-hydrogen) atoms. The van der Waals surface area contributed by atoms with Crippen LogP contribution < -0.4 is 5.32 Å². The van der Waals surface area contributed by atoms with Gasteiger partial charge in [-0.05, 0) is 5.92 Å². The lowest BCUT2D eigenvalue weighted by Crippen LogP contribution is -2.45. The van der Waals surface area contributed by atoms with Gasteiger partial charge in [0.05, 0.1) is 12.4 Å². The smallest absolute Gasteiger partial charge is 0.326 e. The molecule has 1 heterocycles. The van der Waals surface area contributed by atoms with Gasteiger partial charge in [0.25, 0.3) is 0 Å². The first kappa shape index (κ1) is 17.4. The Kier molecular flexibility index (Phi) is 7.17. The molecule has 0 bridgehead atoms. The molecule has 0 saturated heterocycles. The fourth-order valence-corrected chi connectivity index (χ4v) is 2.31. The quantitative estimate of drug-likeness (QED) is 0.629. The van der Waals surface area contributed by atoms with Gasteiger partial charge in [-0.1, -0.05) is 25.6 Å². The molecule has 118 valence electrons. The van der Waals surface area contributed by atoms with Gasteiger partial charge in [-0.3, -0.25) is 4.79 Å². The summed E-state index contributed by atoms with van der Waals surface area (Å²) >= 11 is 1.21. The van der Waals surface area contributed by atoms with E-state index >= 15 is 0 Å². The fraction of sp³-hybridized carbons (Fsp3) is 0.667. The zero-order valence-corrected chi connectivity index (χ0v) is 13.1. The van der Waals surface area contributed by atoms with E-state index in [9.17, 15) is 9.59 Å². The molecule has 1 rings (SSSR count). The molecule has 1 aromatic rings. The molecule has 1 aromatic heterocycles. The summed E-state index contributed by atoms with van der Waals surface area (Å²) in [4.78, 5) is 22.8. The number of carbonyl (C=O) groups is 2. The lowest BCUT2D eigenvalue weighted by molar-refractivity contribution is -0.142. The van der Waals surface area contributed by atoms with E-state index in [1.54, 1.807) is 31.9 Å². The summed E-state index contributed by atoms with van der Waals surface area (Å²) < 4.78 is 6.75. The summed E-state index contributed by atoms with van der Waals surface area (Å²) in [5.74, 6) is -1.47. The first-order valence-corrected chi connectivity index (χ1v) is 7.46.